The third-order valence-corrected chi connectivity index (χ3v) is 4.90. The SMILES string of the molecule is Cc1nc2ccccn2c1C(=O)N1CC(Oc2ccc3ccccc3n2)C1. The molecule has 4 aromatic rings. The molecule has 27 heavy (non-hydrogen) atoms. The molecule has 6 nitrogen and oxygen atoms in total. The number of benzene rings is 1. The van der Waals surface area contributed by atoms with Crippen molar-refractivity contribution >= 4 is 22.5 Å². The van der Waals surface area contributed by atoms with Crippen molar-refractivity contribution in [3.05, 3.63) is 72.2 Å². The number of rotatable bonds is 3. The summed E-state index contributed by atoms with van der Waals surface area (Å²) in [4.78, 5) is 23.7. The van der Waals surface area contributed by atoms with Gasteiger partial charge in [0.05, 0.1) is 24.3 Å². The molecule has 0 aliphatic carbocycles. The van der Waals surface area contributed by atoms with Gasteiger partial charge in [0.2, 0.25) is 5.88 Å². The topological polar surface area (TPSA) is 59.7 Å². The zero-order valence-corrected chi connectivity index (χ0v) is 14.9. The van der Waals surface area contributed by atoms with Gasteiger partial charge in [-0.1, -0.05) is 24.3 Å². The van der Waals surface area contributed by atoms with E-state index in [-0.39, 0.29) is 12.0 Å². The molecule has 0 unspecified atom stereocenters. The van der Waals surface area contributed by atoms with Crippen LogP contribution in [-0.4, -0.2) is 44.4 Å². The van der Waals surface area contributed by atoms with E-state index >= 15 is 0 Å². The van der Waals surface area contributed by atoms with Crippen LogP contribution in [0.5, 0.6) is 5.88 Å². The van der Waals surface area contributed by atoms with E-state index in [0.717, 1.165) is 22.2 Å². The van der Waals surface area contributed by atoms with Gasteiger partial charge in [-0.25, -0.2) is 9.97 Å². The summed E-state index contributed by atoms with van der Waals surface area (Å²) in [6.07, 6.45) is 1.83. The fourth-order valence-electron chi connectivity index (χ4n) is 3.48. The first-order valence-electron chi connectivity index (χ1n) is 8.94. The van der Waals surface area contributed by atoms with Gasteiger partial charge in [0.25, 0.3) is 5.91 Å². The molecule has 0 saturated carbocycles. The van der Waals surface area contributed by atoms with Crippen LogP contribution >= 0.6 is 0 Å². The highest BCUT2D eigenvalue weighted by Gasteiger charge is 2.35. The van der Waals surface area contributed by atoms with E-state index in [1.165, 1.54) is 0 Å². The summed E-state index contributed by atoms with van der Waals surface area (Å²) >= 11 is 0. The van der Waals surface area contributed by atoms with Crippen molar-refractivity contribution in [1.82, 2.24) is 19.3 Å². The molecule has 0 N–H and O–H groups in total. The number of nitrogens with zero attached hydrogens (tertiary/aromatic N) is 4. The average Bonchev–Trinajstić information content (AvgIpc) is 2.99. The molecule has 0 atom stereocenters. The molecular weight excluding hydrogens is 340 g/mol. The monoisotopic (exact) mass is 358 g/mol. The molecule has 0 radical (unpaired) electrons. The van der Waals surface area contributed by atoms with E-state index in [2.05, 4.69) is 9.97 Å². The highest BCUT2D eigenvalue weighted by atomic mass is 16.5. The van der Waals surface area contributed by atoms with Crippen LogP contribution in [0.25, 0.3) is 16.6 Å². The largest absolute Gasteiger partial charge is 0.471 e. The van der Waals surface area contributed by atoms with Crippen LogP contribution in [0.1, 0.15) is 16.2 Å². The lowest BCUT2D eigenvalue weighted by Crippen LogP contribution is -2.56. The van der Waals surface area contributed by atoms with E-state index in [1.807, 2.05) is 72.1 Å². The van der Waals surface area contributed by atoms with E-state index in [4.69, 9.17) is 4.74 Å². The summed E-state index contributed by atoms with van der Waals surface area (Å²) < 4.78 is 7.79. The molecule has 1 aliphatic heterocycles. The van der Waals surface area contributed by atoms with Crippen LogP contribution in [0.4, 0.5) is 0 Å². The minimum absolute atomic E-state index is 0.0162. The van der Waals surface area contributed by atoms with Crippen molar-refractivity contribution in [1.29, 1.82) is 0 Å². The first-order chi connectivity index (χ1) is 13.2. The van der Waals surface area contributed by atoms with Crippen molar-refractivity contribution in [2.24, 2.45) is 0 Å². The average molecular weight is 358 g/mol. The molecule has 1 aromatic carbocycles. The van der Waals surface area contributed by atoms with Crippen LogP contribution in [-0.2, 0) is 0 Å². The van der Waals surface area contributed by atoms with Crippen LogP contribution in [0.3, 0.4) is 0 Å². The minimum Gasteiger partial charge on any atom is -0.471 e. The Balaban J connectivity index is 1.29. The number of aromatic nitrogens is 3. The van der Waals surface area contributed by atoms with Gasteiger partial charge in [-0.2, -0.15) is 0 Å². The molecule has 4 heterocycles. The molecule has 0 bridgehead atoms. The Bertz CT molecular complexity index is 1160. The van der Waals surface area contributed by atoms with Gasteiger partial charge in [0, 0.05) is 17.6 Å². The van der Waals surface area contributed by atoms with Gasteiger partial charge in [0.1, 0.15) is 17.4 Å². The van der Waals surface area contributed by atoms with E-state index in [9.17, 15) is 4.79 Å². The highest BCUT2D eigenvalue weighted by Crippen LogP contribution is 2.22. The van der Waals surface area contributed by atoms with Crippen LogP contribution < -0.4 is 4.74 Å². The number of carbonyl (C=O) groups excluding carboxylic acids is 1. The number of amides is 1. The van der Waals surface area contributed by atoms with Crippen LogP contribution in [0, 0.1) is 6.92 Å². The number of ether oxygens (including phenoxy) is 1. The van der Waals surface area contributed by atoms with Crippen molar-refractivity contribution in [2.45, 2.75) is 13.0 Å². The maximum atomic E-state index is 12.9. The number of para-hydroxylation sites is 1. The number of carbonyl (C=O) groups is 1. The van der Waals surface area contributed by atoms with E-state index < -0.39 is 0 Å². The summed E-state index contributed by atoms with van der Waals surface area (Å²) in [5, 5.41) is 1.08. The van der Waals surface area contributed by atoms with Gasteiger partial charge in [-0.15, -0.1) is 0 Å². The molecular formula is C21H18N4O2. The standard InChI is InChI=1S/C21H18N4O2/c1-14-20(25-11-5-4-8-18(25)22-14)21(26)24-12-16(13-24)27-19-10-9-15-6-2-3-7-17(15)23-19/h2-11,16H,12-13H2,1H3. The molecule has 0 spiro atoms. The zero-order valence-electron chi connectivity index (χ0n) is 14.9. The highest BCUT2D eigenvalue weighted by molar-refractivity contribution is 5.95. The molecule has 1 aliphatic rings. The normalized spacial score (nSPS) is 14.5. The Morgan fingerprint density at radius 3 is 2.74 bits per heavy atom. The van der Waals surface area contributed by atoms with Crippen LogP contribution in [0.15, 0.2) is 60.8 Å². The van der Waals surface area contributed by atoms with Gasteiger partial charge in [0.15, 0.2) is 0 Å². The zero-order chi connectivity index (χ0) is 18.4. The van der Waals surface area contributed by atoms with Gasteiger partial charge < -0.3 is 9.64 Å². The predicted octanol–water partition coefficient (Wildman–Crippen LogP) is 3.09. The minimum atomic E-state index is -0.0397. The third-order valence-electron chi connectivity index (χ3n) is 4.90. The Kier molecular flexibility index (Phi) is 3.57. The quantitative estimate of drug-likeness (QED) is 0.565. The molecule has 134 valence electrons. The fraction of sp³-hybridized carbons (Fsp3) is 0.190. The van der Waals surface area contributed by atoms with Crippen molar-refractivity contribution in [2.75, 3.05) is 13.1 Å². The Labute approximate surface area is 156 Å². The predicted molar refractivity (Wildman–Crippen MR) is 102 cm³/mol. The van der Waals surface area contributed by atoms with Crippen molar-refractivity contribution in [3.63, 3.8) is 0 Å². The lowest BCUT2D eigenvalue weighted by molar-refractivity contribution is 0.0155. The summed E-state index contributed by atoms with van der Waals surface area (Å²) in [6.45, 7) is 2.96. The number of likely N-dealkylation sites (tertiary alicyclic amines) is 1. The second-order valence-corrected chi connectivity index (χ2v) is 6.77. The molecule has 6 heteroatoms. The lowest BCUT2D eigenvalue weighted by atomic mass is 10.1. The third kappa shape index (κ3) is 2.70. The van der Waals surface area contributed by atoms with Crippen molar-refractivity contribution < 1.29 is 9.53 Å². The maximum absolute atomic E-state index is 12.9. The molecule has 1 saturated heterocycles. The summed E-state index contributed by atoms with van der Waals surface area (Å²) in [5.41, 5.74) is 3.05. The number of pyridine rings is 2. The number of aryl methyl sites for hydroxylation is 1. The molecule has 1 fully saturated rings. The summed E-state index contributed by atoms with van der Waals surface area (Å²) in [7, 11) is 0. The fourth-order valence-corrected chi connectivity index (χ4v) is 3.48. The summed E-state index contributed by atoms with van der Waals surface area (Å²) in [5.74, 6) is 0.578. The van der Waals surface area contributed by atoms with Gasteiger partial charge in [-0.3, -0.25) is 9.20 Å². The van der Waals surface area contributed by atoms with Crippen molar-refractivity contribution in [3.8, 4) is 5.88 Å². The Morgan fingerprint density at radius 2 is 1.85 bits per heavy atom. The smallest absolute Gasteiger partial charge is 0.273 e. The number of hydrogen-bond acceptors (Lipinski definition) is 4. The van der Waals surface area contributed by atoms with Gasteiger partial charge in [-0.05, 0) is 31.2 Å². The molecule has 3 aromatic heterocycles. The number of fused-ring (bicyclic) bond motifs is 2. The van der Waals surface area contributed by atoms with E-state index in [0.29, 0.717) is 24.7 Å². The van der Waals surface area contributed by atoms with E-state index in [1.54, 1.807) is 4.90 Å². The Morgan fingerprint density at radius 1 is 1.04 bits per heavy atom. The van der Waals surface area contributed by atoms with Crippen LogP contribution in [0.2, 0.25) is 0 Å². The second-order valence-electron chi connectivity index (χ2n) is 6.77. The Hall–Kier alpha value is -3.41. The second kappa shape index (κ2) is 6.09. The molecule has 1 amide bonds. The number of hydrogen-bond donors (Lipinski definition) is 0. The first-order valence-corrected chi connectivity index (χ1v) is 8.94. The summed E-state index contributed by atoms with van der Waals surface area (Å²) in [6, 6.07) is 17.5. The van der Waals surface area contributed by atoms with Gasteiger partial charge >= 0.3 is 0 Å². The first kappa shape index (κ1) is 15.8. The lowest BCUT2D eigenvalue weighted by Gasteiger charge is -2.38. The number of imidazole rings is 1. The molecule has 5 rings (SSSR count). The maximum Gasteiger partial charge on any atom is 0.273 e.